The summed E-state index contributed by atoms with van der Waals surface area (Å²) in [6.07, 6.45) is -2.50. The van der Waals surface area contributed by atoms with Gasteiger partial charge in [0, 0.05) is 10.5 Å². The van der Waals surface area contributed by atoms with Gasteiger partial charge < -0.3 is 0 Å². The third kappa shape index (κ3) is 2.07. The van der Waals surface area contributed by atoms with Crippen molar-refractivity contribution in [2.24, 2.45) is 4.99 Å². The number of alkyl halides is 2. The number of carbonyl (C=O) groups is 1. The van der Waals surface area contributed by atoms with E-state index >= 15 is 0 Å². The molecule has 2 nitrogen and oxygen atoms in total. The molecule has 0 atom stereocenters. The van der Waals surface area contributed by atoms with E-state index in [1.807, 2.05) is 0 Å². The predicted octanol–water partition coefficient (Wildman–Crippen LogP) is 2.64. The minimum Gasteiger partial charge on any atom is -0.286 e. The van der Waals surface area contributed by atoms with E-state index in [4.69, 9.17) is 0 Å². The zero-order valence-corrected chi connectivity index (χ0v) is 8.43. The van der Waals surface area contributed by atoms with Gasteiger partial charge in [-0.05, 0) is 12.1 Å². The SMILES string of the molecule is O=C1C(=NCC(F)F)Sc2ccccc21. The molecular weight excluding hydrogens is 220 g/mol. The first-order chi connectivity index (χ1) is 7.18. The van der Waals surface area contributed by atoms with Crippen molar-refractivity contribution in [3.05, 3.63) is 29.8 Å². The van der Waals surface area contributed by atoms with Crippen LogP contribution >= 0.6 is 11.8 Å². The predicted molar refractivity (Wildman–Crippen MR) is 54.9 cm³/mol. The van der Waals surface area contributed by atoms with Crippen molar-refractivity contribution in [2.45, 2.75) is 11.3 Å². The van der Waals surface area contributed by atoms with E-state index in [1.165, 1.54) is 0 Å². The monoisotopic (exact) mass is 227 g/mol. The molecular formula is C10H7F2NOS. The molecule has 0 saturated carbocycles. The van der Waals surface area contributed by atoms with Gasteiger partial charge in [0.25, 0.3) is 6.43 Å². The largest absolute Gasteiger partial charge is 0.286 e. The Morgan fingerprint density at radius 3 is 2.73 bits per heavy atom. The number of nitrogens with zero attached hydrogens (tertiary/aromatic N) is 1. The van der Waals surface area contributed by atoms with E-state index in [2.05, 4.69) is 4.99 Å². The molecule has 1 aromatic carbocycles. The van der Waals surface area contributed by atoms with Crippen molar-refractivity contribution in [3.63, 3.8) is 0 Å². The first-order valence-corrected chi connectivity index (χ1v) is 5.14. The lowest BCUT2D eigenvalue weighted by molar-refractivity contribution is 0.106. The lowest BCUT2D eigenvalue weighted by atomic mass is 10.1. The molecule has 0 aliphatic carbocycles. The van der Waals surface area contributed by atoms with Gasteiger partial charge in [0.15, 0.2) is 0 Å². The molecule has 1 aromatic rings. The lowest BCUT2D eigenvalue weighted by Crippen LogP contribution is -2.07. The molecule has 0 bridgehead atoms. The van der Waals surface area contributed by atoms with E-state index in [9.17, 15) is 13.6 Å². The third-order valence-corrected chi connectivity index (χ3v) is 2.99. The van der Waals surface area contributed by atoms with Gasteiger partial charge in [-0.25, -0.2) is 8.78 Å². The van der Waals surface area contributed by atoms with Gasteiger partial charge in [0.2, 0.25) is 5.78 Å². The van der Waals surface area contributed by atoms with Crippen LogP contribution < -0.4 is 0 Å². The maximum atomic E-state index is 11.9. The van der Waals surface area contributed by atoms with Gasteiger partial charge >= 0.3 is 0 Å². The number of carbonyl (C=O) groups excluding carboxylic acids is 1. The second kappa shape index (κ2) is 4.10. The standard InChI is InChI=1S/C10H7F2NOS/c11-8(12)5-13-10-9(14)6-3-1-2-4-7(6)15-10/h1-4,8H,5H2. The van der Waals surface area contributed by atoms with Crippen LogP contribution in [0.3, 0.4) is 0 Å². The Balaban J connectivity index is 2.24. The molecule has 0 fully saturated rings. The van der Waals surface area contributed by atoms with Crippen LogP contribution in [0.4, 0.5) is 8.78 Å². The number of fused-ring (bicyclic) bond motifs is 1. The summed E-state index contributed by atoms with van der Waals surface area (Å²) >= 11 is 1.15. The van der Waals surface area contributed by atoms with Crippen LogP contribution in [-0.4, -0.2) is 23.8 Å². The van der Waals surface area contributed by atoms with Gasteiger partial charge in [-0.1, -0.05) is 23.9 Å². The number of hydrogen-bond acceptors (Lipinski definition) is 3. The Labute approximate surface area is 89.4 Å². The van der Waals surface area contributed by atoms with Crippen molar-refractivity contribution in [2.75, 3.05) is 6.54 Å². The van der Waals surface area contributed by atoms with Crippen molar-refractivity contribution in [3.8, 4) is 0 Å². The fraction of sp³-hybridized carbons (Fsp3) is 0.200. The van der Waals surface area contributed by atoms with Gasteiger partial charge in [-0.15, -0.1) is 0 Å². The topological polar surface area (TPSA) is 29.4 Å². The normalized spacial score (nSPS) is 17.5. The Hall–Kier alpha value is -1.23. The molecule has 0 aromatic heterocycles. The van der Waals surface area contributed by atoms with Crippen LogP contribution in [0, 0.1) is 0 Å². The van der Waals surface area contributed by atoms with E-state index < -0.39 is 13.0 Å². The average Bonchev–Trinajstić information content (AvgIpc) is 2.54. The highest BCUT2D eigenvalue weighted by Crippen LogP contribution is 2.33. The summed E-state index contributed by atoms with van der Waals surface area (Å²) in [4.78, 5) is 16.0. The van der Waals surface area contributed by atoms with Gasteiger partial charge in [0.05, 0.1) is 0 Å². The fourth-order valence-corrected chi connectivity index (χ4v) is 2.23. The molecule has 0 saturated heterocycles. The summed E-state index contributed by atoms with van der Waals surface area (Å²) in [5.74, 6) is -0.253. The van der Waals surface area contributed by atoms with Crippen molar-refractivity contribution >= 4 is 22.6 Å². The number of Topliss-reactive ketones (excluding diaryl/α,β-unsaturated/α-hetero) is 1. The number of ketones is 1. The zero-order chi connectivity index (χ0) is 10.8. The number of benzene rings is 1. The summed E-state index contributed by atoms with van der Waals surface area (Å²) < 4.78 is 23.8. The molecule has 0 unspecified atom stereocenters. The maximum Gasteiger partial charge on any atom is 0.257 e. The molecule has 2 rings (SSSR count). The van der Waals surface area contributed by atoms with E-state index in [1.54, 1.807) is 24.3 Å². The molecule has 15 heavy (non-hydrogen) atoms. The average molecular weight is 227 g/mol. The van der Waals surface area contributed by atoms with Crippen LogP contribution in [0.25, 0.3) is 0 Å². The third-order valence-electron chi connectivity index (χ3n) is 1.91. The number of thioether (sulfide) groups is 1. The Kier molecular flexibility index (Phi) is 2.81. The molecule has 0 N–H and O–H groups in total. The van der Waals surface area contributed by atoms with Crippen molar-refractivity contribution in [1.82, 2.24) is 0 Å². The Morgan fingerprint density at radius 1 is 1.33 bits per heavy atom. The number of aliphatic imine (C=N–C) groups is 1. The second-order valence-corrected chi connectivity index (χ2v) is 3.99. The maximum absolute atomic E-state index is 11.9. The minimum absolute atomic E-state index is 0.163. The smallest absolute Gasteiger partial charge is 0.257 e. The van der Waals surface area contributed by atoms with Crippen LogP contribution in [0.15, 0.2) is 34.2 Å². The molecule has 1 aliphatic heterocycles. The van der Waals surface area contributed by atoms with Crippen LogP contribution in [0.1, 0.15) is 10.4 Å². The summed E-state index contributed by atoms with van der Waals surface area (Å²) in [6, 6.07) is 7.00. The molecule has 1 heterocycles. The fourth-order valence-electron chi connectivity index (χ4n) is 1.26. The first-order valence-electron chi connectivity index (χ1n) is 4.32. The number of rotatable bonds is 2. The van der Waals surface area contributed by atoms with Gasteiger partial charge in [0.1, 0.15) is 11.6 Å². The molecule has 5 heteroatoms. The quantitative estimate of drug-likeness (QED) is 0.777. The number of hydrogen-bond donors (Lipinski definition) is 0. The highest BCUT2D eigenvalue weighted by Gasteiger charge is 2.26. The molecule has 0 radical (unpaired) electrons. The summed E-state index contributed by atoms with van der Waals surface area (Å²) in [5, 5.41) is 0.163. The summed E-state index contributed by atoms with van der Waals surface area (Å²) in [7, 11) is 0. The molecule has 0 amide bonds. The lowest BCUT2D eigenvalue weighted by Gasteiger charge is -1.93. The summed E-state index contributed by atoms with van der Waals surface area (Å²) in [6.45, 7) is -0.609. The second-order valence-electron chi connectivity index (χ2n) is 2.96. The summed E-state index contributed by atoms with van der Waals surface area (Å²) in [5.41, 5.74) is 0.551. The van der Waals surface area contributed by atoms with Crippen LogP contribution in [0.2, 0.25) is 0 Å². The van der Waals surface area contributed by atoms with E-state index in [0.29, 0.717) is 5.56 Å². The van der Waals surface area contributed by atoms with Gasteiger partial charge in [-0.2, -0.15) is 0 Å². The van der Waals surface area contributed by atoms with Crippen LogP contribution in [-0.2, 0) is 0 Å². The molecule has 78 valence electrons. The zero-order valence-electron chi connectivity index (χ0n) is 7.61. The number of halogens is 2. The van der Waals surface area contributed by atoms with E-state index in [-0.39, 0.29) is 10.8 Å². The molecule has 1 aliphatic rings. The minimum atomic E-state index is -2.50. The van der Waals surface area contributed by atoms with E-state index in [0.717, 1.165) is 16.7 Å². The van der Waals surface area contributed by atoms with Crippen LogP contribution in [0.5, 0.6) is 0 Å². The van der Waals surface area contributed by atoms with Crippen molar-refractivity contribution in [1.29, 1.82) is 0 Å². The first kappa shape index (κ1) is 10.3. The Bertz CT molecular complexity index is 431. The highest BCUT2D eigenvalue weighted by atomic mass is 32.2. The highest BCUT2D eigenvalue weighted by molar-refractivity contribution is 8.16. The molecule has 0 spiro atoms. The van der Waals surface area contributed by atoms with Crippen molar-refractivity contribution < 1.29 is 13.6 Å². The van der Waals surface area contributed by atoms with Gasteiger partial charge in [-0.3, -0.25) is 9.79 Å². The Morgan fingerprint density at radius 2 is 2.07 bits per heavy atom.